The van der Waals surface area contributed by atoms with Gasteiger partial charge in [0.15, 0.2) is 5.52 Å². The number of carbonyl (C=O) groups excluding carboxylic acids is 1. The Bertz CT molecular complexity index is 338. The van der Waals surface area contributed by atoms with Gasteiger partial charge in [0.1, 0.15) is 17.1 Å². The zero-order valence-corrected chi connectivity index (χ0v) is 11.2. The SMILES string of the molecule is CCPC(=O)c1c(OC)cccc1OC.[H-].[Li+]. The molecule has 0 saturated heterocycles. The predicted molar refractivity (Wildman–Crippen MR) is 63.8 cm³/mol. The van der Waals surface area contributed by atoms with Gasteiger partial charge < -0.3 is 10.9 Å². The summed E-state index contributed by atoms with van der Waals surface area (Å²) in [5.74, 6) is 1.17. The summed E-state index contributed by atoms with van der Waals surface area (Å²) in [5.41, 5.74) is 0.648. The number of hydrogen-bond donors (Lipinski definition) is 0. The van der Waals surface area contributed by atoms with Crippen LogP contribution < -0.4 is 28.3 Å². The van der Waals surface area contributed by atoms with Crippen LogP contribution >= 0.6 is 8.58 Å². The average molecular weight is 234 g/mol. The summed E-state index contributed by atoms with van der Waals surface area (Å²) in [7, 11) is 3.38. The van der Waals surface area contributed by atoms with E-state index < -0.39 is 0 Å². The van der Waals surface area contributed by atoms with Gasteiger partial charge in [-0.3, -0.25) is 4.79 Å². The van der Waals surface area contributed by atoms with Gasteiger partial charge in [0.25, 0.3) is 0 Å². The molecule has 5 heteroatoms. The monoisotopic (exact) mass is 234 g/mol. The summed E-state index contributed by atoms with van der Waals surface area (Å²) >= 11 is 0. The van der Waals surface area contributed by atoms with Crippen LogP contribution in [-0.2, 0) is 0 Å². The normalized spacial score (nSPS) is 9.94. The maximum absolute atomic E-state index is 11.9. The smallest absolute Gasteiger partial charge is 1.00 e. The maximum Gasteiger partial charge on any atom is 1.00 e. The third kappa shape index (κ3) is 3.52. The average Bonchev–Trinajstić information content (AvgIpc) is 2.28. The standard InChI is InChI=1S/C11H15O3P.Li.H/c1-4-15-11(12)10-8(13-2)6-5-7-9(10)14-3;;/h5-7,15H,4H2,1-3H3;;/q;+1;-1. The van der Waals surface area contributed by atoms with E-state index >= 15 is 0 Å². The van der Waals surface area contributed by atoms with E-state index in [4.69, 9.17) is 9.47 Å². The molecule has 84 valence electrons. The Morgan fingerprint density at radius 1 is 1.31 bits per heavy atom. The van der Waals surface area contributed by atoms with Gasteiger partial charge in [0.05, 0.1) is 14.2 Å². The fourth-order valence-electron chi connectivity index (χ4n) is 1.32. The number of ether oxygens (including phenoxy) is 2. The van der Waals surface area contributed by atoms with Crippen molar-refractivity contribution in [2.45, 2.75) is 6.92 Å². The molecule has 0 heterocycles. The van der Waals surface area contributed by atoms with Gasteiger partial charge in [-0.15, -0.1) is 0 Å². The zero-order chi connectivity index (χ0) is 11.3. The molecule has 0 aliphatic heterocycles. The Morgan fingerprint density at radius 3 is 2.19 bits per heavy atom. The molecule has 3 nitrogen and oxygen atoms in total. The van der Waals surface area contributed by atoms with Crippen molar-refractivity contribution in [2.75, 3.05) is 20.4 Å². The van der Waals surface area contributed by atoms with Crippen LogP contribution in [0.5, 0.6) is 11.5 Å². The van der Waals surface area contributed by atoms with Gasteiger partial charge >= 0.3 is 18.9 Å². The molecule has 0 aliphatic carbocycles. The van der Waals surface area contributed by atoms with E-state index in [1.807, 2.05) is 13.0 Å². The topological polar surface area (TPSA) is 35.5 Å². The summed E-state index contributed by atoms with van der Waals surface area (Å²) < 4.78 is 10.3. The van der Waals surface area contributed by atoms with Crippen LogP contribution in [0.4, 0.5) is 0 Å². The van der Waals surface area contributed by atoms with Crippen molar-refractivity contribution < 1.29 is 34.6 Å². The fourth-order valence-corrected chi connectivity index (χ4v) is 2.07. The molecule has 0 amide bonds. The van der Waals surface area contributed by atoms with Gasteiger partial charge in [0, 0.05) is 0 Å². The molecule has 0 N–H and O–H groups in total. The van der Waals surface area contributed by atoms with Crippen LogP contribution in [0.15, 0.2) is 18.2 Å². The van der Waals surface area contributed by atoms with E-state index in [1.54, 1.807) is 26.4 Å². The van der Waals surface area contributed by atoms with Crippen LogP contribution in [0.25, 0.3) is 0 Å². The minimum atomic E-state index is 0. The summed E-state index contributed by atoms with van der Waals surface area (Å²) in [4.78, 5) is 11.9. The number of methoxy groups -OCH3 is 2. The predicted octanol–water partition coefficient (Wildman–Crippen LogP) is -0.341. The van der Waals surface area contributed by atoms with Crippen molar-refractivity contribution in [1.82, 2.24) is 0 Å². The van der Waals surface area contributed by atoms with Crippen molar-refractivity contribution in [3.63, 3.8) is 0 Å². The molecule has 0 aromatic heterocycles. The van der Waals surface area contributed by atoms with Gasteiger partial charge in [-0.05, 0) is 26.9 Å². The van der Waals surface area contributed by atoms with E-state index in [-0.39, 0.29) is 34.4 Å². The van der Waals surface area contributed by atoms with Crippen LogP contribution in [0, 0.1) is 0 Å². The summed E-state index contributed by atoms with van der Waals surface area (Å²) in [5, 5.41) is 0. The molecule has 1 aromatic rings. The molecule has 0 radical (unpaired) electrons. The van der Waals surface area contributed by atoms with Crippen molar-refractivity contribution in [3.05, 3.63) is 23.8 Å². The molecule has 0 saturated carbocycles. The first kappa shape index (κ1) is 15.5. The minimum absolute atomic E-state index is 0. The molecular formula is C11H16LiO3P. The first-order valence-electron chi connectivity index (χ1n) is 4.73. The Hall–Kier alpha value is -0.483. The van der Waals surface area contributed by atoms with Crippen molar-refractivity contribution in [1.29, 1.82) is 0 Å². The summed E-state index contributed by atoms with van der Waals surface area (Å²) in [6, 6.07) is 5.36. The van der Waals surface area contributed by atoms with Gasteiger partial charge in [0.2, 0.25) is 0 Å². The summed E-state index contributed by atoms with van der Waals surface area (Å²) in [6.07, 6.45) is 0.847. The molecular weight excluding hydrogens is 218 g/mol. The van der Waals surface area contributed by atoms with Crippen molar-refractivity contribution in [2.24, 2.45) is 0 Å². The minimum Gasteiger partial charge on any atom is -1.00 e. The van der Waals surface area contributed by atoms with Crippen LogP contribution in [0.3, 0.4) is 0 Å². The van der Waals surface area contributed by atoms with Gasteiger partial charge in [-0.2, -0.15) is 0 Å². The second kappa shape index (κ2) is 7.74. The second-order valence-electron chi connectivity index (χ2n) is 2.90. The molecule has 1 aromatic carbocycles. The maximum atomic E-state index is 11.9. The quantitative estimate of drug-likeness (QED) is 0.516. The van der Waals surface area contributed by atoms with Crippen molar-refractivity contribution >= 4 is 14.1 Å². The largest absolute Gasteiger partial charge is 1.00 e. The van der Waals surface area contributed by atoms with E-state index in [1.165, 1.54) is 0 Å². The van der Waals surface area contributed by atoms with Gasteiger partial charge in [-0.1, -0.05) is 13.0 Å². The van der Waals surface area contributed by atoms with E-state index in [0.717, 1.165) is 6.16 Å². The zero-order valence-electron chi connectivity index (χ0n) is 11.2. The van der Waals surface area contributed by atoms with Gasteiger partial charge in [-0.25, -0.2) is 0 Å². The van der Waals surface area contributed by atoms with E-state index in [0.29, 0.717) is 17.1 Å². The molecule has 0 fully saturated rings. The van der Waals surface area contributed by atoms with Crippen LogP contribution in [0.2, 0.25) is 0 Å². The molecule has 16 heavy (non-hydrogen) atoms. The van der Waals surface area contributed by atoms with E-state index in [2.05, 4.69) is 0 Å². The molecule has 0 bridgehead atoms. The second-order valence-corrected chi connectivity index (χ2v) is 4.41. The molecule has 1 rings (SSSR count). The Balaban J connectivity index is 0. The van der Waals surface area contributed by atoms with E-state index in [9.17, 15) is 4.79 Å². The molecule has 1 unspecified atom stereocenters. The van der Waals surface area contributed by atoms with Crippen LogP contribution in [0.1, 0.15) is 18.7 Å². The molecule has 0 aliphatic rings. The Kier molecular flexibility index (Phi) is 7.50. The summed E-state index contributed by atoms with van der Waals surface area (Å²) in [6.45, 7) is 1.98. The molecule has 1 atom stereocenters. The first-order valence-corrected chi connectivity index (χ1v) is 5.94. The van der Waals surface area contributed by atoms with Crippen molar-refractivity contribution in [3.8, 4) is 11.5 Å². The Labute approximate surface area is 111 Å². The number of rotatable bonds is 5. The number of hydrogen-bond acceptors (Lipinski definition) is 3. The van der Waals surface area contributed by atoms with Crippen LogP contribution in [-0.4, -0.2) is 25.9 Å². The number of benzene rings is 1. The first-order chi connectivity index (χ1) is 7.24. The number of carbonyl (C=O) groups is 1. The fraction of sp³-hybridized carbons (Fsp3) is 0.364. The Morgan fingerprint density at radius 2 is 1.81 bits per heavy atom. The third-order valence-corrected chi connectivity index (χ3v) is 2.92. The third-order valence-electron chi connectivity index (χ3n) is 1.99. The molecule has 0 spiro atoms.